The minimum atomic E-state index is -0.148. The van der Waals surface area contributed by atoms with Gasteiger partial charge in [0.25, 0.3) is 5.91 Å². The van der Waals surface area contributed by atoms with Gasteiger partial charge >= 0.3 is 0 Å². The SMILES string of the molecule is CN(Cc1ccncc1)C(=O)c1cnccc1Cl. The molecule has 4 nitrogen and oxygen atoms in total. The number of halogens is 1. The average molecular weight is 262 g/mol. The fraction of sp³-hybridized carbons (Fsp3) is 0.154. The number of carbonyl (C=O) groups excluding carboxylic acids is 1. The summed E-state index contributed by atoms with van der Waals surface area (Å²) in [7, 11) is 1.73. The molecule has 0 aliphatic heterocycles. The van der Waals surface area contributed by atoms with Crippen LogP contribution >= 0.6 is 11.6 Å². The lowest BCUT2D eigenvalue weighted by molar-refractivity contribution is 0.0785. The first kappa shape index (κ1) is 12.5. The molecule has 0 unspecified atom stereocenters. The molecule has 2 rings (SSSR count). The van der Waals surface area contributed by atoms with E-state index in [4.69, 9.17) is 11.6 Å². The van der Waals surface area contributed by atoms with E-state index < -0.39 is 0 Å². The molecule has 0 bridgehead atoms. The van der Waals surface area contributed by atoms with Crippen molar-refractivity contribution in [3.63, 3.8) is 0 Å². The predicted octanol–water partition coefficient (Wildman–Crippen LogP) is 2.40. The summed E-state index contributed by atoms with van der Waals surface area (Å²) in [5.41, 5.74) is 1.43. The van der Waals surface area contributed by atoms with E-state index in [1.807, 2.05) is 12.1 Å². The molecule has 0 radical (unpaired) electrons. The maximum atomic E-state index is 12.2. The summed E-state index contributed by atoms with van der Waals surface area (Å²) < 4.78 is 0. The van der Waals surface area contributed by atoms with E-state index in [1.165, 1.54) is 6.20 Å². The smallest absolute Gasteiger partial charge is 0.256 e. The topological polar surface area (TPSA) is 46.1 Å². The molecule has 0 spiro atoms. The van der Waals surface area contributed by atoms with Crippen LogP contribution in [-0.2, 0) is 6.54 Å². The zero-order valence-corrected chi connectivity index (χ0v) is 10.6. The lowest BCUT2D eigenvalue weighted by atomic mass is 10.2. The van der Waals surface area contributed by atoms with Crippen molar-refractivity contribution in [1.29, 1.82) is 0 Å². The highest BCUT2D eigenvalue weighted by molar-refractivity contribution is 6.33. The molecule has 2 aromatic rings. The Kier molecular flexibility index (Phi) is 3.89. The Morgan fingerprint density at radius 1 is 1.22 bits per heavy atom. The normalized spacial score (nSPS) is 10.1. The summed E-state index contributed by atoms with van der Waals surface area (Å²) in [5.74, 6) is -0.148. The van der Waals surface area contributed by atoms with Crippen molar-refractivity contribution in [3.05, 3.63) is 59.1 Å². The van der Waals surface area contributed by atoms with E-state index in [9.17, 15) is 4.79 Å². The highest BCUT2D eigenvalue weighted by atomic mass is 35.5. The minimum absolute atomic E-state index is 0.148. The minimum Gasteiger partial charge on any atom is -0.337 e. The number of rotatable bonds is 3. The maximum absolute atomic E-state index is 12.2. The molecule has 1 amide bonds. The Bertz CT molecular complexity index is 545. The number of carbonyl (C=O) groups is 1. The van der Waals surface area contributed by atoms with Crippen LogP contribution < -0.4 is 0 Å². The lowest BCUT2D eigenvalue weighted by Crippen LogP contribution is -2.26. The van der Waals surface area contributed by atoms with Gasteiger partial charge in [-0.2, -0.15) is 0 Å². The Labute approximate surface area is 110 Å². The summed E-state index contributed by atoms with van der Waals surface area (Å²) in [6.07, 6.45) is 6.44. The van der Waals surface area contributed by atoms with E-state index in [2.05, 4.69) is 9.97 Å². The molecule has 0 saturated heterocycles. The van der Waals surface area contributed by atoms with Crippen LogP contribution in [0.15, 0.2) is 43.0 Å². The Balaban J connectivity index is 2.13. The summed E-state index contributed by atoms with van der Waals surface area (Å²) in [4.78, 5) is 21.6. The van der Waals surface area contributed by atoms with E-state index in [1.54, 1.807) is 36.6 Å². The summed E-state index contributed by atoms with van der Waals surface area (Å²) in [6, 6.07) is 5.35. The van der Waals surface area contributed by atoms with Gasteiger partial charge in [-0.15, -0.1) is 0 Å². The molecular formula is C13H12ClN3O. The van der Waals surface area contributed by atoms with Crippen molar-refractivity contribution < 1.29 is 4.79 Å². The molecule has 2 heterocycles. The monoisotopic (exact) mass is 261 g/mol. The third kappa shape index (κ3) is 2.84. The molecule has 0 N–H and O–H groups in total. The summed E-state index contributed by atoms with van der Waals surface area (Å²) in [5, 5.41) is 0.413. The number of pyridine rings is 2. The van der Waals surface area contributed by atoms with Gasteiger partial charge in [0.1, 0.15) is 0 Å². The largest absolute Gasteiger partial charge is 0.337 e. The third-order valence-corrected chi connectivity index (χ3v) is 2.84. The second-order valence-corrected chi connectivity index (χ2v) is 4.28. The van der Waals surface area contributed by atoms with Crippen molar-refractivity contribution >= 4 is 17.5 Å². The standard InChI is InChI=1S/C13H12ClN3O/c1-17(9-10-2-5-15-6-3-10)13(18)11-8-16-7-4-12(11)14/h2-8H,9H2,1H3. The molecule has 2 aromatic heterocycles. The average Bonchev–Trinajstić information content (AvgIpc) is 2.39. The Morgan fingerprint density at radius 2 is 1.89 bits per heavy atom. The van der Waals surface area contributed by atoms with Crippen LogP contribution in [0.3, 0.4) is 0 Å². The van der Waals surface area contributed by atoms with Crippen molar-refractivity contribution in [2.45, 2.75) is 6.54 Å². The second-order valence-electron chi connectivity index (χ2n) is 3.87. The third-order valence-electron chi connectivity index (χ3n) is 2.51. The van der Waals surface area contributed by atoms with Crippen LogP contribution in [0.4, 0.5) is 0 Å². The van der Waals surface area contributed by atoms with Crippen molar-refractivity contribution in [2.24, 2.45) is 0 Å². The van der Waals surface area contributed by atoms with E-state index in [0.29, 0.717) is 17.1 Å². The lowest BCUT2D eigenvalue weighted by Gasteiger charge is -2.17. The first-order valence-electron chi connectivity index (χ1n) is 5.42. The van der Waals surface area contributed by atoms with Crippen LogP contribution in [-0.4, -0.2) is 27.8 Å². The van der Waals surface area contributed by atoms with Crippen LogP contribution in [0.2, 0.25) is 5.02 Å². The summed E-state index contributed by atoms with van der Waals surface area (Å²) >= 11 is 5.97. The Morgan fingerprint density at radius 3 is 2.56 bits per heavy atom. The molecule has 18 heavy (non-hydrogen) atoms. The van der Waals surface area contributed by atoms with Gasteiger partial charge in [-0.05, 0) is 23.8 Å². The van der Waals surface area contributed by atoms with Gasteiger partial charge < -0.3 is 4.90 Å². The number of hydrogen-bond acceptors (Lipinski definition) is 3. The summed E-state index contributed by atoms with van der Waals surface area (Å²) in [6.45, 7) is 0.507. The van der Waals surface area contributed by atoms with Gasteiger partial charge in [-0.25, -0.2) is 0 Å². The maximum Gasteiger partial charge on any atom is 0.256 e. The zero-order chi connectivity index (χ0) is 13.0. The van der Waals surface area contributed by atoms with Crippen LogP contribution in [0.1, 0.15) is 15.9 Å². The van der Waals surface area contributed by atoms with E-state index in [0.717, 1.165) is 5.56 Å². The fourth-order valence-electron chi connectivity index (χ4n) is 1.57. The number of nitrogens with zero attached hydrogens (tertiary/aromatic N) is 3. The molecule has 0 fully saturated rings. The van der Waals surface area contributed by atoms with E-state index in [-0.39, 0.29) is 5.91 Å². The fourth-order valence-corrected chi connectivity index (χ4v) is 1.76. The second kappa shape index (κ2) is 5.60. The molecule has 0 aliphatic rings. The van der Waals surface area contributed by atoms with Gasteiger partial charge in [0.15, 0.2) is 0 Å². The van der Waals surface area contributed by atoms with Crippen LogP contribution in [0.25, 0.3) is 0 Å². The van der Waals surface area contributed by atoms with Crippen molar-refractivity contribution in [3.8, 4) is 0 Å². The number of aromatic nitrogens is 2. The molecule has 5 heteroatoms. The van der Waals surface area contributed by atoms with Gasteiger partial charge in [0, 0.05) is 38.4 Å². The molecule has 0 aromatic carbocycles. The molecule has 0 aliphatic carbocycles. The van der Waals surface area contributed by atoms with Gasteiger partial charge in [0.05, 0.1) is 10.6 Å². The van der Waals surface area contributed by atoms with Crippen molar-refractivity contribution in [1.82, 2.24) is 14.9 Å². The van der Waals surface area contributed by atoms with Crippen LogP contribution in [0, 0.1) is 0 Å². The highest BCUT2D eigenvalue weighted by Crippen LogP contribution is 2.16. The highest BCUT2D eigenvalue weighted by Gasteiger charge is 2.15. The number of hydrogen-bond donors (Lipinski definition) is 0. The molecule has 0 saturated carbocycles. The van der Waals surface area contributed by atoms with Crippen molar-refractivity contribution in [2.75, 3.05) is 7.05 Å². The zero-order valence-electron chi connectivity index (χ0n) is 9.88. The molecule has 92 valence electrons. The Hall–Kier alpha value is -1.94. The van der Waals surface area contributed by atoms with Crippen LogP contribution in [0.5, 0.6) is 0 Å². The van der Waals surface area contributed by atoms with Gasteiger partial charge in [-0.3, -0.25) is 14.8 Å². The number of amides is 1. The first-order valence-corrected chi connectivity index (χ1v) is 5.80. The van der Waals surface area contributed by atoms with Gasteiger partial charge in [-0.1, -0.05) is 11.6 Å². The quantitative estimate of drug-likeness (QED) is 0.852. The first-order chi connectivity index (χ1) is 8.68. The molecule has 0 atom stereocenters. The predicted molar refractivity (Wildman–Crippen MR) is 69.3 cm³/mol. The molecular weight excluding hydrogens is 250 g/mol. The van der Waals surface area contributed by atoms with Gasteiger partial charge in [0.2, 0.25) is 0 Å². The van der Waals surface area contributed by atoms with E-state index >= 15 is 0 Å².